The number of benzene rings is 3. The van der Waals surface area contributed by atoms with Gasteiger partial charge in [-0.3, -0.25) is 4.98 Å². The fraction of sp³-hybridized carbons (Fsp3) is 0. The van der Waals surface area contributed by atoms with Gasteiger partial charge in [-0.2, -0.15) is 13.5 Å². The van der Waals surface area contributed by atoms with Crippen molar-refractivity contribution in [1.29, 1.82) is 0 Å². The van der Waals surface area contributed by atoms with E-state index in [1.807, 2.05) is 18.2 Å². The summed E-state index contributed by atoms with van der Waals surface area (Å²) in [7, 11) is 0. The smallest absolute Gasteiger partial charge is 0.0931 e. The molecule has 5 aromatic rings. The van der Waals surface area contributed by atoms with Crippen molar-refractivity contribution in [3.63, 3.8) is 0 Å². The van der Waals surface area contributed by atoms with Crippen LogP contribution in [0.5, 0.6) is 0 Å². The van der Waals surface area contributed by atoms with E-state index in [4.69, 9.17) is 5.73 Å². The number of rotatable bonds is 2. The Bertz CT molecular complexity index is 1240. The number of aromatic nitrogens is 2. The maximum absolute atomic E-state index is 6.14. The largest absolute Gasteiger partial charge is 0.397 e. The highest BCUT2D eigenvalue weighted by molar-refractivity contribution is 7.59. The average molecular weight is 369 g/mol. The fourth-order valence-corrected chi connectivity index (χ4v) is 3.63. The number of nitrogen functional groups attached to an aromatic ring is 1. The Balaban J connectivity index is 0.00000180. The molecule has 0 radical (unpaired) electrons. The molecule has 2 N–H and O–H groups in total. The predicted molar refractivity (Wildman–Crippen MR) is 119 cm³/mol. The van der Waals surface area contributed by atoms with E-state index in [1.54, 1.807) is 6.20 Å². The summed E-state index contributed by atoms with van der Waals surface area (Å²) in [5, 5.41) is 2.43. The number of pyridine rings is 1. The molecular formula is C23H19N3S. The van der Waals surface area contributed by atoms with E-state index in [1.165, 1.54) is 21.8 Å². The molecule has 0 spiro atoms. The molecule has 0 fully saturated rings. The zero-order chi connectivity index (χ0) is 17.5. The minimum absolute atomic E-state index is 0. The van der Waals surface area contributed by atoms with E-state index >= 15 is 0 Å². The monoisotopic (exact) mass is 369 g/mol. The summed E-state index contributed by atoms with van der Waals surface area (Å²) in [5.41, 5.74) is 12.2. The van der Waals surface area contributed by atoms with E-state index in [-0.39, 0.29) is 13.5 Å². The highest BCUT2D eigenvalue weighted by atomic mass is 32.1. The first kappa shape index (κ1) is 17.2. The Hall–Kier alpha value is -3.24. The fourth-order valence-electron chi connectivity index (χ4n) is 3.63. The second-order valence-electron chi connectivity index (χ2n) is 6.36. The Morgan fingerprint density at radius 3 is 2.26 bits per heavy atom. The molecule has 0 aliphatic carbocycles. The van der Waals surface area contributed by atoms with Crippen LogP contribution in [-0.2, 0) is 0 Å². The number of hydrogen-bond donors (Lipinski definition) is 1. The van der Waals surface area contributed by atoms with Gasteiger partial charge in [-0.1, -0.05) is 42.5 Å². The van der Waals surface area contributed by atoms with Gasteiger partial charge in [-0.25, -0.2) is 0 Å². The topological polar surface area (TPSA) is 43.8 Å². The highest BCUT2D eigenvalue weighted by Gasteiger charge is 2.13. The van der Waals surface area contributed by atoms with Crippen molar-refractivity contribution in [2.75, 3.05) is 5.73 Å². The number of para-hydroxylation sites is 2. The van der Waals surface area contributed by atoms with Crippen LogP contribution in [0.1, 0.15) is 0 Å². The zero-order valence-electron chi connectivity index (χ0n) is 14.6. The maximum Gasteiger partial charge on any atom is 0.0931 e. The van der Waals surface area contributed by atoms with Crippen LogP contribution in [0.2, 0.25) is 0 Å². The van der Waals surface area contributed by atoms with Gasteiger partial charge in [-0.05, 0) is 42.5 Å². The zero-order valence-corrected chi connectivity index (χ0v) is 15.6. The van der Waals surface area contributed by atoms with Crippen LogP contribution in [-0.4, -0.2) is 9.55 Å². The van der Waals surface area contributed by atoms with Crippen molar-refractivity contribution >= 4 is 41.0 Å². The Morgan fingerprint density at radius 1 is 0.704 bits per heavy atom. The number of nitrogens with zero attached hydrogens (tertiary/aromatic N) is 2. The lowest BCUT2D eigenvalue weighted by molar-refractivity contribution is 1.18. The number of hydrogen-bond acceptors (Lipinski definition) is 2. The van der Waals surface area contributed by atoms with Crippen LogP contribution in [0.4, 0.5) is 5.69 Å². The molecule has 5 rings (SSSR count). The lowest BCUT2D eigenvalue weighted by Crippen LogP contribution is -1.94. The van der Waals surface area contributed by atoms with E-state index in [2.05, 4.69) is 76.3 Å². The van der Waals surface area contributed by atoms with Gasteiger partial charge in [0, 0.05) is 28.2 Å². The number of fused-ring (bicyclic) bond motifs is 3. The molecule has 0 bridgehead atoms. The molecule has 27 heavy (non-hydrogen) atoms. The van der Waals surface area contributed by atoms with Gasteiger partial charge in [0.15, 0.2) is 0 Å². The Labute approximate surface area is 164 Å². The Morgan fingerprint density at radius 2 is 1.44 bits per heavy atom. The van der Waals surface area contributed by atoms with E-state index in [0.717, 1.165) is 16.9 Å². The minimum Gasteiger partial charge on any atom is -0.397 e. The molecule has 3 aromatic carbocycles. The van der Waals surface area contributed by atoms with Crippen LogP contribution in [0.3, 0.4) is 0 Å². The molecule has 2 heterocycles. The quantitative estimate of drug-likeness (QED) is 0.444. The van der Waals surface area contributed by atoms with Crippen LogP contribution >= 0.6 is 13.5 Å². The molecule has 0 unspecified atom stereocenters. The molecule has 3 nitrogen and oxygen atoms in total. The van der Waals surface area contributed by atoms with Crippen LogP contribution in [0.15, 0.2) is 91.1 Å². The van der Waals surface area contributed by atoms with Crippen molar-refractivity contribution in [2.45, 2.75) is 0 Å². The third-order valence-electron chi connectivity index (χ3n) is 4.80. The summed E-state index contributed by atoms with van der Waals surface area (Å²) in [6.45, 7) is 0. The van der Waals surface area contributed by atoms with E-state index < -0.39 is 0 Å². The standard InChI is InChI=1S/C23H17N3.H2S/c24-20-10-6-14-25-23(20)16-12-13-22-19(15-16)18-9-4-5-11-21(18)26(22)17-7-2-1-3-8-17;/h1-15H,24H2;1H2. The second kappa shape index (κ2) is 6.82. The second-order valence-corrected chi connectivity index (χ2v) is 6.36. The first-order chi connectivity index (χ1) is 12.8. The lowest BCUT2D eigenvalue weighted by Gasteiger charge is -2.08. The molecule has 132 valence electrons. The molecular weight excluding hydrogens is 350 g/mol. The van der Waals surface area contributed by atoms with Gasteiger partial charge in [0.1, 0.15) is 0 Å². The molecule has 0 atom stereocenters. The third kappa shape index (κ3) is 2.75. The SMILES string of the molecule is Nc1cccnc1-c1ccc2c(c1)c1ccccc1n2-c1ccccc1.S. The van der Waals surface area contributed by atoms with Crippen LogP contribution in [0.25, 0.3) is 38.8 Å². The van der Waals surface area contributed by atoms with Crippen molar-refractivity contribution in [3.8, 4) is 16.9 Å². The summed E-state index contributed by atoms with van der Waals surface area (Å²) in [4.78, 5) is 4.47. The summed E-state index contributed by atoms with van der Waals surface area (Å²) < 4.78 is 2.30. The summed E-state index contributed by atoms with van der Waals surface area (Å²) in [6, 6.07) is 29.1. The molecule has 0 amide bonds. The molecule has 4 heteroatoms. The average Bonchev–Trinajstić information content (AvgIpc) is 3.03. The van der Waals surface area contributed by atoms with Crippen molar-refractivity contribution in [1.82, 2.24) is 9.55 Å². The molecule has 0 aliphatic rings. The Kier molecular flexibility index (Phi) is 4.34. The summed E-state index contributed by atoms with van der Waals surface area (Å²) in [5.74, 6) is 0. The predicted octanol–water partition coefficient (Wildman–Crippen LogP) is 5.54. The van der Waals surface area contributed by atoms with E-state index in [9.17, 15) is 0 Å². The van der Waals surface area contributed by atoms with Gasteiger partial charge in [0.05, 0.1) is 22.4 Å². The minimum atomic E-state index is 0. The third-order valence-corrected chi connectivity index (χ3v) is 4.80. The van der Waals surface area contributed by atoms with Gasteiger partial charge in [-0.15, -0.1) is 0 Å². The van der Waals surface area contributed by atoms with Gasteiger partial charge < -0.3 is 10.3 Å². The molecule has 0 aliphatic heterocycles. The van der Waals surface area contributed by atoms with Crippen LogP contribution in [0, 0.1) is 0 Å². The molecule has 0 saturated carbocycles. The summed E-state index contributed by atoms with van der Waals surface area (Å²) >= 11 is 0. The van der Waals surface area contributed by atoms with Crippen LogP contribution < -0.4 is 5.73 Å². The van der Waals surface area contributed by atoms with Gasteiger partial charge in [0.25, 0.3) is 0 Å². The first-order valence-electron chi connectivity index (χ1n) is 8.62. The van der Waals surface area contributed by atoms with Crippen molar-refractivity contribution in [2.24, 2.45) is 0 Å². The first-order valence-corrected chi connectivity index (χ1v) is 8.62. The molecule has 2 aromatic heterocycles. The normalized spacial score (nSPS) is 10.8. The van der Waals surface area contributed by atoms with E-state index in [0.29, 0.717) is 5.69 Å². The summed E-state index contributed by atoms with van der Waals surface area (Å²) in [6.07, 6.45) is 1.78. The lowest BCUT2D eigenvalue weighted by atomic mass is 10.1. The molecule has 0 saturated heterocycles. The maximum atomic E-state index is 6.14. The van der Waals surface area contributed by atoms with Crippen molar-refractivity contribution in [3.05, 3.63) is 91.1 Å². The van der Waals surface area contributed by atoms with Gasteiger partial charge in [0.2, 0.25) is 0 Å². The number of anilines is 1. The van der Waals surface area contributed by atoms with Crippen molar-refractivity contribution < 1.29 is 0 Å². The highest BCUT2D eigenvalue weighted by Crippen LogP contribution is 2.35. The number of nitrogens with two attached hydrogens (primary N) is 1. The van der Waals surface area contributed by atoms with Gasteiger partial charge >= 0.3 is 0 Å².